The van der Waals surface area contributed by atoms with E-state index in [9.17, 15) is 4.79 Å². The Bertz CT molecular complexity index is 743. The first kappa shape index (κ1) is 17.4. The normalized spacial score (nSPS) is 10.7. The fraction of sp³-hybridized carbons (Fsp3) is 0.118. The van der Waals surface area contributed by atoms with Gasteiger partial charge in [-0.25, -0.2) is 4.79 Å². The maximum absolute atomic E-state index is 10.6. The van der Waals surface area contributed by atoms with E-state index in [2.05, 4.69) is 15.9 Å². The first-order valence-electron chi connectivity index (χ1n) is 6.66. The Morgan fingerprint density at radius 3 is 2.74 bits per heavy atom. The monoisotopic (exact) mass is 396 g/mol. The molecule has 0 fully saturated rings. The first-order chi connectivity index (χ1) is 11.0. The highest BCUT2D eigenvalue weighted by Gasteiger charge is 2.12. The quantitative estimate of drug-likeness (QED) is 0.712. The number of benzene rings is 2. The van der Waals surface area contributed by atoms with Gasteiger partial charge in [-0.05, 0) is 45.8 Å². The highest BCUT2D eigenvalue weighted by molar-refractivity contribution is 9.10. The van der Waals surface area contributed by atoms with Gasteiger partial charge in [0.25, 0.3) is 0 Å². The van der Waals surface area contributed by atoms with Crippen molar-refractivity contribution in [3.63, 3.8) is 0 Å². The fourth-order valence-corrected chi connectivity index (χ4v) is 2.67. The number of hydrogen-bond donors (Lipinski definition) is 1. The minimum Gasteiger partial charge on any atom is -0.493 e. The summed E-state index contributed by atoms with van der Waals surface area (Å²) in [7, 11) is 1.52. The molecule has 0 aliphatic rings. The van der Waals surface area contributed by atoms with Crippen molar-refractivity contribution >= 4 is 39.6 Å². The number of methoxy groups -OCH3 is 1. The number of ether oxygens (including phenoxy) is 2. The van der Waals surface area contributed by atoms with E-state index in [1.165, 1.54) is 13.2 Å². The number of halogens is 2. The molecule has 2 rings (SSSR count). The molecule has 4 nitrogen and oxygen atoms in total. The third-order valence-electron chi connectivity index (χ3n) is 3.00. The topological polar surface area (TPSA) is 55.8 Å². The van der Waals surface area contributed by atoms with Crippen LogP contribution in [0.15, 0.2) is 46.9 Å². The van der Waals surface area contributed by atoms with Crippen molar-refractivity contribution in [1.82, 2.24) is 0 Å². The Balaban J connectivity index is 2.24. The molecule has 0 atom stereocenters. The molecular formula is C17H14BrClO4. The highest BCUT2D eigenvalue weighted by Crippen LogP contribution is 2.37. The minimum atomic E-state index is -1.01. The largest absolute Gasteiger partial charge is 0.493 e. The van der Waals surface area contributed by atoms with Crippen LogP contribution < -0.4 is 9.47 Å². The lowest BCUT2D eigenvalue weighted by atomic mass is 10.2. The number of carboxylic acid groups (broad SMARTS) is 1. The zero-order valence-electron chi connectivity index (χ0n) is 12.3. The van der Waals surface area contributed by atoms with E-state index >= 15 is 0 Å². The zero-order valence-corrected chi connectivity index (χ0v) is 14.6. The Morgan fingerprint density at radius 2 is 2.09 bits per heavy atom. The van der Waals surface area contributed by atoms with E-state index in [1.54, 1.807) is 18.2 Å². The standard InChI is InChI=1S/C17H14BrClO4/c1-22-15-9-11(6-7-16(20)21)8-13(18)17(15)23-10-12-4-2-3-5-14(12)19/h2-9H,10H2,1H3,(H,20,21)/b7-6+. The summed E-state index contributed by atoms with van der Waals surface area (Å²) in [5, 5.41) is 9.32. The summed E-state index contributed by atoms with van der Waals surface area (Å²) in [5.41, 5.74) is 1.54. The second-order valence-corrected chi connectivity index (χ2v) is 5.85. The number of aliphatic carboxylic acids is 1. The van der Waals surface area contributed by atoms with Crippen LogP contribution in [-0.2, 0) is 11.4 Å². The minimum absolute atomic E-state index is 0.291. The molecule has 23 heavy (non-hydrogen) atoms. The van der Waals surface area contributed by atoms with Gasteiger partial charge < -0.3 is 14.6 Å². The molecule has 0 aromatic heterocycles. The van der Waals surface area contributed by atoms with Crippen LogP contribution >= 0.6 is 27.5 Å². The third kappa shape index (κ3) is 4.74. The van der Waals surface area contributed by atoms with Gasteiger partial charge in [0.05, 0.1) is 11.6 Å². The number of carbonyl (C=O) groups is 1. The molecule has 0 radical (unpaired) electrons. The molecule has 0 amide bonds. The molecule has 0 spiro atoms. The van der Waals surface area contributed by atoms with Crippen molar-refractivity contribution in [2.75, 3.05) is 7.11 Å². The molecule has 1 N–H and O–H groups in total. The van der Waals surface area contributed by atoms with Crippen molar-refractivity contribution < 1.29 is 19.4 Å². The van der Waals surface area contributed by atoms with Crippen molar-refractivity contribution in [1.29, 1.82) is 0 Å². The molecule has 120 valence electrons. The van der Waals surface area contributed by atoms with Crippen LogP contribution in [0.3, 0.4) is 0 Å². The SMILES string of the molecule is COc1cc(/C=C/C(=O)O)cc(Br)c1OCc1ccccc1Cl. The summed E-state index contributed by atoms with van der Waals surface area (Å²) in [6, 6.07) is 10.9. The van der Waals surface area contributed by atoms with Gasteiger partial charge in [-0.15, -0.1) is 0 Å². The lowest BCUT2D eigenvalue weighted by molar-refractivity contribution is -0.131. The van der Waals surface area contributed by atoms with Crippen molar-refractivity contribution in [2.45, 2.75) is 6.61 Å². The molecule has 0 saturated carbocycles. The van der Waals surface area contributed by atoms with Crippen LogP contribution in [0.4, 0.5) is 0 Å². The molecule has 0 bridgehead atoms. The lowest BCUT2D eigenvalue weighted by Crippen LogP contribution is -1.99. The predicted octanol–water partition coefficient (Wildman–Crippen LogP) is 4.79. The van der Waals surface area contributed by atoms with Crippen LogP contribution in [0.5, 0.6) is 11.5 Å². The van der Waals surface area contributed by atoms with E-state index in [4.69, 9.17) is 26.2 Å². The Hall–Kier alpha value is -1.98. The number of rotatable bonds is 6. The van der Waals surface area contributed by atoms with Crippen LogP contribution in [-0.4, -0.2) is 18.2 Å². The van der Waals surface area contributed by atoms with Crippen molar-refractivity contribution in [3.8, 4) is 11.5 Å². The van der Waals surface area contributed by atoms with Crippen LogP contribution in [0, 0.1) is 0 Å². The average molecular weight is 398 g/mol. The fourth-order valence-electron chi connectivity index (χ4n) is 1.91. The van der Waals surface area contributed by atoms with Crippen molar-refractivity contribution in [2.24, 2.45) is 0 Å². The number of carboxylic acids is 1. The molecule has 2 aromatic rings. The van der Waals surface area contributed by atoms with Gasteiger partial charge in [-0.2, -0.15) is 0 Å². The molecule has 0 aliphatic heterocycles. The second-order valence-electron chi connectivity index (χ2n) is 4.59. The number of hydrogen-bond acceptors (Lipinski definition) is 3. The molecule has 0 saturated heterocycles. The summed E-state index contributed by atoms with van der Waals surface area (Å²) in [4.78, 5) is 10.6. The Morgan fingerprint density at radius 1 is 1.35 bits per heavy atom. The maximum Gasteiger partial charge on any atom is 0.328 e. The lowest BCUT2D eigenvalue weighted by Gasteiger charge is -2.14. The Labute approximate surface area is 147 Å². The molecule has 2 aromatic carbocycles. The van der Waals surface area contributed by atoms with Gasteiger partial charge >= 0.3 is 5.97 Å². The van der Waals surface area contributed by atoms with Gasteiger partial charge in [-0.1, -0.05) is 29.8 Å². The van der Waals surface area contributed by atoms with E-state index < -0.39 is 5.97 Å². The first-order valence-corrected chi connectivity index (χ1v) is 7.83. The van der Waals surface area contributed by atoms with Gasteiger partial charge in [0.1, 0.15) is 6.61 Å². The summed E-state index contributed by atoms with van der Waals surface area (Å²) in [5.74, 6) is 0.00972. The predicted molar refractivity (Wildman–Crippen MR) is 93.1 cm³/mol. The van der Waals surface area contributed by atoms with E-state index in [1.807, 2.05) is 18.2 Å². The molecule has 0 heterocycles. The summed E-state index contributed by atoms with van der Waals surface area (Å²) < 4.78 is 11.8. The molecule has 6 heteroatoms. The average Bonchev–Trinajstić information content (AvgIpc) is 2.52. The van der Waals surface area contributed by atoms with Crippen LogP contribution in [0.25, 0.3) is 6.08 Å². The maximum atomic E-state index is 10.6. The van der Waals surface area contributed by atoms with E-state index in [0.29, 0.717) is 33.2 Å². The van der Waals surface area contributed by atoms with E-state index in [-0.39, 0.29) is 0 Å². The van der Waals surface area contributed by atoms with Crippen molar-refractivity contribution in [3.05, 3.63) is 63.1 Å². The van der Waals surface area contributed by atoms with Crippen LogP contribution in [0.2, 0.25) is 5.02 Å². The molecule has 0 aliphatic carbocycles. The third-order valence-corrected chi connectivity index (χ3v) is 3.96. The van der Waals surface area contributed by atoms with Gasteiger partial charge in [0.2, 0.25) is 0 Å². The molecular weight excluding hydrogens is 384 g/mol. The van der Waals surface area contributed by atoms with E-state index in [0.717, 1.165) is 11.6 Å². The second kappa shape index (κ2) is 8.04. The van der Waals surface area contributed by atoms with Crippen LogP contribution in [0.1, 0.15) is 11.1 Å². The van der Waals surface area contributed by atoms with Gasteiger partial charge in [-0.3, -0.25) is 0 Å². The Kier molecular flexibility index (Phi) is 6.07. The van der Waals surface area contributed by atoms with Gasteiger partial charge in [0, 0.05) is 16.7 Å². The highest BCUT2D eigenvalue weighted by atomic mass is 79.9. The summed E-state index contributed by atoms with van der Waals surface area (Å²) >= 11 is 9.53. The summed E-state index contributed by atoms with van der Waals surface area (Å²) in [6.45, 7) is 0.291. The molecule has 0 unspecified atom stereocenters. The summed E-state index contributed by atoms with van der Waals surface area (Å²) in [6.07, 6.45) is 2.54. The van der Waals surface area contributed by atoms with Gasteiger partial charge in [0.15, 0.2) is 11.5 Å². The smallest absolute Gasteiger partial charge is 0.328 e. The zero-order chi connectivity index (χ0) is 16.8.